The van der Waals surface area contributed by atoms with E-state index in [1.165, 1.54) is 14.2 Å². The lowest BCUT2D eigenvalue weighted by molar-refractivity contribution is -0.113. The molecule has 0 heterocycles. The van der Waals surface area contributed by atoms with Gasteiger partial charge in [-0.3, -0.25) is 14.1 Å². The van der Waals surface area contributed by atoms with Crippen molar-refractivity contribution in [2.45, 2.75) is 32.9 Å². The van der Waals surface area contributed by atoms with E-state index in [2.05, 4.69) is 22.3 Å². The zero-order valence-corrected chi connectivity index (χ0v) is 18.4. The number of anilines is 1. The van der Waals surface area contributed by atoms with Crippen molar-refractivity contribution >= 4 is 35.3 Å². The van der Waals surface area contributed by atoms with Gasteiger partial charge in [0, 0.05) is 19.2 Å². The summed E-state index contributed by atoms with van der Waals surface area (Å²) in [6.07, 6.45) is -0.609. The number of benzene rings is 1. The van der Waals surface area contributed by atoms with Gasteiger partial charge in [-0.2, -0.15) is 0 Å². The molecule has 0 unspecified atom stereocenters. The van der Waals surface area contributed by atoms with Gasteiger partial charge in [0.1, 0.15) is 17.2 Å². The maximum Gasteiger partial charge on any atom is 0.407 e. The van der Waals surface area contributed by atoms with Crippen LogP contribution in [0.4, 0.5) is 10.5 Å². The van der Waals surface area contributed by atoms with Gasteiger partial charge in [0.15, 0.2) is 5.70 Å². The Morgan fingerprint density at radius 3 is 2.43 bits per heavy atom. The molecule has 0 aliphatic heterocycles. The number of methoxy groups -OCH3 is 1. The smallest absolute Gasteiger partial charge is 0.407 e. The highest BCUT2D eigenvalue weighted by Gasteiger charge is 2.20. The van der Waals surface area contributed by atoms with Gasteiger partial charge in [0.25, 0.3) is 5.91 Å². The molecule has 0 aliphatic rings. The molecule has 0 radical (unpaired) electrons. The van der Waals surface area contributed by atoms with E-state index >= 15 is 0 Å². The Kier molecular flexibility index (Phi) is 8.65. The van der Waals surface area contributed by atoms with Crippen molar-refractivity contribution in [2.75, 3.05) is 19.5 Å². The van der Waals surface area contributed by atoms with Gasteiger partial charge in [-0.15, -0.1) is 0 Å². The number of thiol groups is 1. The number of nitrogens with one attached hydrogen (secondary N) is 2. The number of nitrogens with two attached hydrogens (primary N) is 1. The molecule has 0 saturated carbocycles. The number of amides is 2. The minimum atomic E-state index is -3.05. The summed E-state index contributed by atoms with van der Waals surface area (Å²) in [6.45, 7) is 8.57. The fourth-order valence-corrected chi connectivity index (χ4v) is 2.51. The predicted octanol–water partition coefficient (Wildman–Crippen LogP) is 0.945. The van der Waals surface area contributed by atoms with Crippen molar-refractivity contribution in [3.05, 3.63) is 35.3 Å². The average Bonchev–Trinajstić information content (AvgIpc) is 2.64. The van der Waals surface area contributed by atoms with Crippen LogP contribution in [0.1, 0.15) is 26.3 Å². The van der Waals surface area contributed by atoms with Gasteiger partial charge in [0.05, 0.1) is 12.8 Å². The SMILES string of the molecule is C=N/C(C(=O)Nc1cccc(CNC(=O)OC(C)(C)C)c1OC)=C(/N)N(C)[SH](=O)=O. The molecule has 0 aromatic heterocycles. The monoisotopic (exact) mass is 441 g/mol. The highest BCUT2D eigenvalue weighted by molar-refractivity contribution is 7.70. The number of carbonyl (C=O) groups is 2. The molecule has 0 spiro atoms. The van der Waals surface area contributed by atoms with Crippen molar-refractivity contribution in [1.82, 2.24) is 9.62 Å². The molecule has 0 fully saturated rings. The lowest BCUT2D eigenvalue weighted by Crippen LogP contribution is -2.32. The minimum absolute atomic E-state index is 0.0751. The zero-order valence-electron chi connectivity index (χ0n) is 17.5. The molecule has 1 aromatic carbocycles. The van der Waals surface area contributed by atoms with Crippen LogP contribution in [0.3, 0.4) is 0 Å². The van der Waals surface area contributed by atoms with E-state index in [9.17, 15) is 18.0 Å². The molecule has 0 aliphatic carbocycles. The van der Waals surface area contributed by atoms with Gasteiger partial charge >= 0.3 is 6.09 Å². The molecular formula is C18H27N5O6S. The molecule has 1 rings (SSSR count). The number of rotatable bonds is 8. The fraction of sp³-hybridized carbons (Fsp3) is 0.389. The molecule has 166 valence electrons. The van der Waals surface area contributed by atoms with E-state index in [4.69, 9.17) is 15.2 Å². The zero-order chi connectivity index (χ0) is 23.1. The third kappa shape index (κ3) is 6.95. The van der Waals surface area contributed by atoms with Crippen LogP contribution in [0.2, 0.25) is 0 Å². The van der Waals surface area contributed by atoms with Crippen molar-refractivity contribution in [2.24, 2.45) is 10.7 Å². The summed E-state index contributed by atoms with van der Waals surface area (Å²) in [5.41, 5.74) is 5.49. The lowest BCUT2D eigenvalue weighted by Gasteiger charge is -2.20. The summed E-state index contributed by atoms with van der Waals surface area (Å²) in [5, 5.41) is 5.16. The van der Waals surface area contributed by atoms with Crippen LogP contribution in [0.15, 0.2) is 34.7 Å². The molecule has 11 nitrogen and oxygen atoms in total. The Morgan fingerprint density at radius 2 is 1.93 bits per heavy atom. The third-order valence-corrected chi connectivity index (χ3v) is 4.29. The van der Waals surface area contributed by atoms with Crippen LogP contribution in [0.25, 0.3) is 0 Å². The van der Waals surface area contributed by atoms with Gasteiger partial charge in [-0.05, 0) is 33.6 Å². The summed E-state index contributed by atoms with van der Waals surface area (Å²) < 4.78 is 33.4. The van der Waals surface area contributed by atoms with Crippen LogP contribution in [-0.4, -0.2) is 51.2 Å². The molecule has 0 saturated heterocycles. The largest absolute Gasteiger partial charge is 0.494 e. The first kappa shape index (κ1) is 24.8. The summed E-state index contributed by atoms with van der Waals surface area (Å²) >= 11 is 0. The first-order valence-electron chi connectivity index (χ1n) is 8.69. The highest BCUT2D eigenvalue weighted by atomic mass is 32.2. The number of hydrogen-bond acceptors (Lipinski definition) is 8. The topological polar surface area (TPSA) is 152 Å². The number of ether oxygens (including phenoxy) is 2. The number of aliphatic imine (C=N–C) groups is 1. The standard InChI is InChI=1S/C18H27N5O6S/c1-18(2,3)29-17(25)21-10-11-8-7-9-12(14(11)28-6)22-16(24)13(20-4)15(19)23(5)30(26)27/h7-9,30H,4,10,19H2,1-3,5-6H3,(H,21,25)(H,22,24)/b15-13-. The van der Waals surface area contributed by atoms with Crippen LogP contribution >= 0.6 is 0 Å². The quantitative estimate of drug-likeness (QED) is 0.266. The van der Waals surface area contributed by atoms with E-state index in [-0.39, 0.29) is 29.5 Å². The van der Waals surface area contributed by atoms with Crippen LogP contribution in [-0.2, 0) is 27.0 Å². The Bertz CT molecular complexity index is 912. The molecule has 2 amide bonds. The molecular weight excluding hydrogens is 414 g/mol. The fourth-order valence-electron chi connectivity index (χ4n) is 2.24. The van der Waals surface area contributed by atoms with Gasteiger partial charge in [-0.1, -0.05) is 12.1 Å². The number of para-hydroxylation sites is 1. The van der Waals surface area contributed by atoms with Gasteiger partial charge in [-0.25, -0.2) is 13.2 Å². The van der Waals surface area contributed by atoms with Gasteiger partial charge < -0.3 is 25.8 Å². The first-order valence-corrected chi connectivity index (χ1v) is 9.82. The summed E-state index contributed by atoms with van der Waals surface area (Å²) in [7, 11) is -0.486. The van der Waals surface area contributed by atoms with E-state index < -0.39 is 28.5 Å². The van der Waals surface area contributed by atoms with E-state index in [1.54, 1.807) is 39.0 Å². The Hall–Kier alpha value is -3.28. The van der Waals surface area contributed by atoms with Crippen molar-refractivity contribution < 1.29 is 27.5 Å². The van der Waals surface area contributed by atoms with Crippen molar-refractivity contribution in [1.29, 1.82) is 0 Å². The summed E-state index contributed by atoms with van der Waals surface area (Å²) in [5.74, 6) is -0.894. The predicted molar refractivity (Wildman–Crippen MR) is 114 cm³/mol. The molecule has 30 heavy (non-hydrogen) atoms. The second kappa shape index (κ2) is 10.5. The maximum absolute atomic E-state index is 12.6. The molecule has 0 atom stereocenters. The number of alkyl carbamates (subject to hydrolysis) is 1. The molecule has 1 aromatic rings. The Morgan fingerprint density at radius 1 is 1.30 bits per heavy atom. The Balaban J connectivity index is 3.09. The van der Waals surface area contributed by atoms with Crippen LogP contribution in [0, 0.1) is 0 Å². The van der Waals surface area contributed by atoms with Gasteiger partial charge in [0.2, 0.25) is 10.9 Å². The summed E-state index contributed by atoms with van der Waals surface area (Å²) in [4.78, 5) is 28.0. The van der Waals surface area contributed by atoms with Crippen LogP contribution in [0.5, 0.6) is 5.75 Å². The van der Waals surface area contributed by atoms with E-state index in [1.807, 2.05) is 0 Å². The van der Waals surface area contributed by atoms with Crippen molar-refractivity contribution in [3.63, 3.8) is 0 Å². The normalized spacial score (nSPS) is 11.9. The average molecular weight is 442 g/mol. The molecule has 4 N–H and O–H groups in total. The van der Waals surface area contributed by atoms with Crippen LogP contribution < -0.4 is 21.1 Å². The third-order valence-electron chi connectivity index (χ3n) is 3.58. The maximum atomic E-state index is 12.6. The minimum Gasteiger partial charge on any atom is -0.494 e. The second-order valence-electron chi connectivity index (χ2n) is 6.96. The highest BCUT2D eigenvalue weighted by Crippen LogP contribution is 2.29. The van der Waals surface area contributed by atoms with E-state index in [0.29, 0.717) is 9.87 Å². The second-order valence-corrected chi connectivity index (χ2v) is 8.04. The van der Waals surface area contributed by atoms with E-state index in [0.717, 1.165) is 0 Å². The number of hydrogen-bond donors (Lipinski definition) is 4. The Labute approximate surface area is 177 Å². The summed E-state index contributed by atoms with van der Waals surface area (Å²) in [6, 6.07) is 4.89. The number of carbonyl (C=O) groups excluding carboxylic acids is 2. The number of nitrogens with zero attached hydrogens (tertiary/aromatic N) is 2. The molecule has 12 heteroatoms. The first-order chi connectivity index (χ1) is 13.9. The van der Waals surface area contributed by atoms with Crippen molar-refractivity contribution in [3.8, 4) is 5.75 Å². The lowest BCUT2D eigenvalue weighted by atomic mass is 10.1. The molecule has 0 bridgehead atoms.